The van der Waals surface area contributed by atoms with E-state index in [4.69, 9.17) is 5.11 Å². The third-order valence-corrected chi connectivity index (χ3v) is 4.50. The molecule has 1 aromatic rings. The fourth-order valence-electron chi connectivity index (χ4n) is 3.47. The van der Waals surface area contributed by atoms with Crippen LogP contribution >= 0.6 is 0 Å². The molecule has 5 nitrogen and oxygen atoms in total. The highest BCUT2D eigenvalue weighted by Gasteiger charge is 2.36. The zero-order valence-corrected chi connectivity index (χ0v) is 11.8. The highest BCUT2D eigenvalue weighted by atomic mass is 16.3. The second-order valence-electron chi connectivity index (χ2n) is 5.88. The standard InChI is InChI=1S/C15H24N4O/c20-9-5-13-10-14(18-17-13)15-2-1-8-19(15)11-12-3-6-16-7-4-12/h3-4,6-7,13-15,17-18,20H,1-2,5,8-11H2. The number of aromatic nitrogens is 1. The monoisotopic (exact) mass is 276 g/mol. The average Bonchev–Trinajstić information content (AvgIpc) is 3.09. The van der Waals surface area contributed by atoms with Crippen LogP contribution in [0.3, 0.4) is 0 Å². The van der Waals surface area contributed by atoms with Gasteiger partial charge in [0.1, 0.15) is 0 Å². The summed E-state index contributed by atoms with van der Waals surface area (Å²) in [5.74, 6) is 0. The molecule has 0 amide bonds. The van der Waals surface area contributed by atoms with Crippen molar-refractivity contribution in [3.05, 3.63) is 30.1 Å². The summed E-state index contributed by atoms with van der Waals surface area (Å²) in [6.07, 6.45) is 8.22. The molecule has 0 radical (unpaired) electrons. The number of hydrogen-bond acceptors (Lipinski definition) is 5. The van der Waals surface area contributed by atoms with Crippen molar-refractivity contribution in [2.24, 2.45) is 0 Å². The van der Waals surface area contributed by atoms with Gasteiger partial charge in [-0.3, -0.25) is 20.7 Å². The summed E-state index contributed by atoms with van der Waals surface area (Å²) in [5, 5.41) is 9.04. The normalized spacial score (nSPS) is 30.9. The van der Waals surface area contributed by atoms with Crippen molar-refractivity contribution in [2.75, 3.05) is 13.2 Å². The van der Waals surface area contributed by atoms with E-state index in [1.807, 2.05) is 12.4 Å². The second-order valence-corrected chi connectivity index (χ2v) is 5.88. The molecule has 0 aliphatic carbocycles. The molecular weight excluding hydrogens is 252 g/mol. The van der Waals surface area contributed by atoms with E-state index in [1.165, 1.54) is 24.9 Å². The Morgan fingerprint density at radius 1 is 1.30 bits per heavy atom. The van der Waals surface area contributed by atoms with Crippen LogP contribution in [0.2, 0.25) is 0 Å². The van der Waals surface area contributed by atoms with Gasteiger partial charge in [0.15, 0.2) is 0 Å². The Balaban J connectivity index is 1.59. The Bertz CT molecular complexity index is 414. The summed E-state index contributed by atoms with van der Waals surface area (Å²) in [5.41, 5.74) is 8.09. The van der Waals surface area contributed by atoms with Gasteiger partial charge in [-0.15, -0.1) is 0 Å². The average molecular weight is 276 g/mol. The molecular formula is C15H24N4O. The number of hydrazine groups is 1. The first kappa shape index (κ1) is 13.9. The third-order valence-electron chi connectivity index (χ3n) is 4.50. The lowest BCUT2D eigenvalue weighted by Crippen LogP contribution is -2.45. The highest BCUT2D eigenvalue weighted by Crippen LogP contribution is 2.26. The number of aliphatic hydroxyl groups excluding tert-OH is 1. The van der Waals surface area contributed by atoms with Gasteiger partial charge in [-0.1, -0.05) is 0 Å². The molecule has 0 saturated carbocycles. The number of rotatable bonds is 5. The maximum absolute atomic E-state index is 9.04. The maximum Gasteiger partial charge on any atom is 0.0446 e. The Kier molecular flexibility index (Phi) is 4.62. The van der Waals surface area contributed by atoms with Crippen molar-refractivity contribution >= 4 is 0 Å². The van der Waals surface area contributed by atoms with E-state index >= 15 is 0 Å². The molecule has 3 unspecified atom stereocenters. The topological polar surface area (TPSA) is 60.4 Å². The first-order chi connectivity index (χ1) is 9.86. The quantitative estimate of drug-likeness (QED) is 0.738. The third kappa shape index (κ3) is 3.17. The maximum atomic E-state index is 9.04. The minimum Gasteiger partial charge on any atom is -0.396 e. The minimum absolute atomic E-state index is 0.261. The molecule has 2 aliphatic heterocycles. The van der Waals surface area contributed by atoms with Crippen molar-refractivity contribution in [1.82, 2.24) is 20.7 Å². The van der Waals surface area contributed by atoms with Crippen LogP contribution in [0, 0.1) is 0 Å². The van der Waals surface area contributed by atoms with Gasteiger partial charge in [-0.2, -0.15) is 0 Å². The Morgan fingerprint density at radius 2 is 2.15 bits per heavy atom. The smallest absolute Gasteiger partial charge is 0.0446 e. The molecule has 5 heteroatoms. The number of likely N-dealkylation sites (tertiary alicyclic amines) is 1. The van der Waals surface area contributed by atoms with Crippen molar-refractivity contribution in [3.8, 4) is 0 Å². The molecule has 20 heavy (non-hydrogen) atoms. The van der Waals surface area contributed by atoms with Crippen LogP contribution in [0.4, 0.5) is 0 Å². The lowest BCUT2D eigenvalue weighted by molar-refractivity contribution is 0.203. The Hall–Kier alpha value is -1.01. The van der Waals surface area contributed by atoms with Crippen LogP contribution in [0.15, 0.2) is 24.5 Å². The summed E-state index contributed by atoms with van der Waals surface area (Å²) in [7, 11) is 0. The molecule has 1 aromatic heterocycles. The van der Waals surface area contributed by atoms with Gasteiger partial charge in [0.2, 0.25) is 0 Å². The molecule has 3 N–H and O–H groups in total. The highest BCUT2D eigenvalue weighted by molar-refractivity contribution is 5.10. The Morgan fingerprint density at radius 3 is 2.95 bits per heavy atom. The van der Waals surface area contributed by atoms with E-state index in [-0.39, 0.29) is 6.61 Å². The zero-order chi connectivity index (χ0) is 13.8. The predicted octanol–water partition coefficient (Wildman–Crippen LogP) is 0.664. The summed E-state index contributed by atoms with van der Waals surface area (Å²) in [4.78, 5) is 6.66. The number of nitrogens with one attached hydrogen (secondary N) is 2. The number of hydrogen-bond donors (Lipinski definition) is 3. The van der Waals surface area contributed by atoms with Crippen molar-refractivity contribution in [2.45, 2.75) is 50.4 Å². The van der Waals surface area contributed by atoms with E-state index < -0.39 is 0 Å². The van der Waals surface area contributed by atoms with Gasteiger partial charge in [-0.25, -0.2) is 0 Å². The molecule has 0 spiro atoms. The first-order valence-corrected chi connectivity index (χ1v) is 7.61. The van der Waals surface area contributed by atoms with E-state index in [1.54, 1.807) is 0 Å². The molecule has 0 aromatic carbocycles. The fourth-order valence-corrected chi connectivity index (χ4v) is 3.47. The van der Waals surface area contributed by atoms with Crippen molar-refractivity contribution in [3.63, 3.8) is 0 Å². The SMILES string of the molecule is OCCC1CC(C2CCCN2Cc2ccncc2)NN1. The molecule has 3 atom stereocenters. The van der Waals surface area contributed by atoms with Crippen LogP contribution in [-0.2, 0) is 6.54 Å². The van der Waals surface area contributed by atoms with E-state index in [9.17, 15) is 0 Å². The second kappa shape index (κ2) is 6.63. The molecule has 2 aliphatic rings. The number of pyridine rings is 1. The molecule has 2 fully saturated rings. The van der Waals surface area contributed by atoms with Crippen LogP contribution in [0.5, 0.6) is 0 Å². The number of nitrogens with zero attached hydrogens (tertiary/aromatic N) is 2. The fraction of sp³-hybridized carbons (Fsp3) is 0.667. The van der Waals surface area contributed by atoms with Gasteiger partial charge >= 0.3 is 0 Å². The van der Waals surface area contributed by atoms with Crippen LogP contribution in [0.1, 0.15) is 31.2 Å². The van der Waals surface area contributed by atoms with Crippen molar-refractivity contribution in [1.29, 1.82) is 0 Å². The van der Waals surface area contributed by atoms with Gasteiger partial charge in [0.25, 0.3) is 0 Å². The lowest BCUT2D eigenvalue weighted by atomic mass is 9.99. The van der Waals surface area contributed by atoms with Gasteiger partial charge in [0.05, 0.1) is 0 Å². The van der Waals surface area contributed by atoms with Crippen molar-refractivity contribution < 1.29 is 5.11 Å². The summed E-state index contributed by atoms with van der Waals surface area (Å²) in [6, 6.07) is 5.71. The van der Waals surface area contributed by atoms with Gasteiger partial charge in [-0.05, 0) is 49.9 Å². The number of aliphatic hydroxyl groups is 1. The van der Waals surface area contributed by atoms with Gasteiger partial charge < -0.3 is 5.11 Å². The first-order valence-electron chi connectivity index (χ1n) is 7.61. The molecule has 3 heterocycles. The van der Waals surface area contributed by atoms with E-state index in [2.05, 4.69) is 32.9 Å². The summed E-state index contributed by atoms with van der Waals surface area (Å²) in [6.45, 7) is 2.45. The molecule has 110 valence electrons. The van der Waals surface area contributed by atoms with Gasteiger partial charge in [0, 0.05) is 43.7 Å². The minimum atomic E-state index is 0.261. The molecule has 3 rings (SSSR count). The summed E-state index contributed by atoms with van der Waals surface area (Å²) >= 11 is 0. The van der Waals surface area contributed by atoms with E-state index in [0.29, 0.717) is 18.1 Å². The molecule has 2 saturated heterocycles. The molecule has 0 bridgehead atoms. The zero-order valence-electron chi connectivity index (χ0n) is 11.8. The predicted molar refractivity (Wildman–Crippen MR) is 77.8 cm³/mol. The van der Waals surface area contributed by atoms with E-state index in [0.717, 1.165) is 19.4 Å². The van der Waals surface area contributed by atoms with Crippen LogP contribution < -0.4 is 10.9 Å². The van der Waals surface area contributed by atoms with Crippen LogP contribution in [0.25, 0.3) is 0 Å². The van der Waals surface area contributed by atoms with Crippen LogP contribution in [-0.4, -0.2) is 46.3 Å². The summed E-state index contributed by atoms with van der Waals surface area (Å²) < 4.78 is 0. The lowest BCUT2D eigenvalue weighted by Gasteiger charge is -2.29. The Labute approximate surface area is 120 Å². The largest absolute Gasteiger partial charge is 0.396 e.